The number of ether oxygens (including phenoxy) is 2. The lowest BCUT2D eigenvalue weighted by atomic mass is 10.1. The molecule has 1 aliphatic heterocycles. The summed E-state index contributed by atoms with van der Waals surface area (Å²) in [6.07, 6.45) is 4.35. The zero-order valence-electron chi connectivity index (χ0n) is 16.8. The summed E-state index contributed by atoms with van der Waals surface area (Å²) in [5.41, 5.74) is 2.33. The molecule has 1 saturated heterocycles. The molecule has 2 rings (SSSR count). The summed E-state index contributed by atoms with van der Waals surface area (Å²) in [7, 11) is 0. The Bertz CT molecular complexity index is 566. The van der Waals surface area contributed by atoms with Crippen LogP contribution in [0.4, 0.5) is 0 Å². The lowest BCUT2D eigenvalue weighted by Gasteiger charge is -2.15. The van der Waals surface area contributed by atoms with E-state index in [0.717, 1.165) is 62.2 Å². The largest absolute Gasteiger partial charge is 0.493 e. The number of nitrogens with one attached hydrogen (secondary N) is 2. The van der Waals surface area contributed by atoms with Crippen LogP contribution in [-0.2, 0) is 11.3 Å². The van der Waals surface area contributed by atoms with E-state index in [4.69, 9.17) is 14.5 Å². The minimum Gasteiger partial charge on any atom is -0.493 e. The monoisotopic (exact) mass is 507 g/mol. The summed E-state index contributed by atoms with van der Waals surface area (Å²) in [5, 5.41) is 6.71. The van der Waals surface area contributed by atoms with E-state index in [2.05, 4.69) is 48.9 Å². The summed E-state index contributed by atoms with van der Waals surface area (Å²) < 4.78 is 11.6. The molecule has 1 fully saturated rings. The lowest BCUT2D eigenvalue weighted by molar-refractivity contribution is 0.166. The SMILES string of the molecule is CCNC(=NCc1ccc(C)cc1OCC1CCOC1)NCCCSC.I. The summed E-state index contributed by atoms with van der Waals surface area (Å²) in [6.45, 7) is 8.96. The van der Waals surface area contributed by atoms with Crippen LogP contribution in [0, 0.1) is 12.8 Å². The van der Waals surface area contributed by atoms with Crippen molar-refractivity contribution in [2.75, 3.05) is 44.9 Å². The molecule has 1 atom stereocenters. The van der Waals surface area contributed by atoms with Gasteiger partial charge in [-0.1, -0.05) is 12.1 Å². The van der Waals surface area contributed by atoms with Crippen molar-refractivity contribution in [1.29, 1.82) is 0 Å². The molecular formula is C20H34IN3O2S. The van der Waals surface area contributed by atoms with Crippen LogP contribution in [0.2, 0.25) is 0 Å². The molecular weight excluding hydrogens is 473 g/mol. The van der Waals surface area contributed by atoms with Gasteiger partial charge in [0, 0.05) is 31.2 Å². The Hall–Kier alpha value is -0.670. The molecule has 0 spiro atoms. The van der Waals surface area contributed by atoms with E-state index in [1.807, 2.05) is 11.8 Å². The van der Waals surface area contributed by atoms with Crippen LogP contribution >= 0.6 is 35.7 Å². The zero-order valence-corrected chi connectivity index (χ0v) is 19.9. The molecule has 2 N–H and O–H groups in total. The maximum absolute atomic E-state index is 6.11. The van der Waals surface area contributed by atoms with Gasteiger partial charge in [-0.3, -0.25) is 0 Å². The number of hydrogen-bond donors (Lipinski definition) is 2. The van der Waals surface area contributed by atoms with Crippen molar-refractivity contribution in [3.8, 4) is 5.75 Å². The van der Waals surface area contributed by atoms with Gasteiger partial charge in [0.25, 0.3) is 0 Å². The van der Waals surface area contributed by atoms with Crippen LogP contribution in [0.25, 0.3) is 0 Å². The highest BCUT2D eigenvalue weighted by atomic mass is 127. The first-order chi connectivity index (χ1) is 12.7. The second kappa shape index (κ2) is 14.3. The molecule has 0 aliphatic carbocycles. The Morgan fingerprint density at radius 3 is 2.93 bits per heavy atom. The predicted molar refractivity (Wildman–Crippen MR) is 127 cm³/mol. The molecule has 0 aromatic heterocycles. The van der Waals surface area contributed by atoms with Gasteiger partial charge in [-0.15, -0.1) is 24.0 Å². The Morgan fingerprint density at radius 1 is 1.37 bits per heavy atom. The molecule has 154 valence electrons. The first-order valence-corrected chi connectivity index (χ1v) is 10.9. The fourth-order valence-corrected chi connectivity index (χ4v) is 3.21. The van der Waals surface area contributed by atoms with Crippen LogP contribution in [0.5, 0.6) is 5.75 Å². The van der Waals surface area contributed by atoms with Gasteiger partial charge in [0.05, 0.1) is 19.8 Å². The molecule has 7 heteroatoms. The molecule has 1 aromatic rings. The van der Waals surface area contributed by atoms with Crippen LogP contribution in [0.15, 0.2) is 23.2 Å². The highest BCUT2D eigenvalue weighted by molar-refractivity contribution is 14.0. The molecule has 0 amide bonds. The number of thioether (sulfide) groups is 1. The van der Waals surface area contributed by atoms with Gasteiger partial charge in [0.1, 0.15) is 5.75 Å². The summed E-state index contributed by atoms with van der Waals surface area (Å²) in [4.78, 5) is 4.73. The van der Waals surface area contributed by atoms with Crippen LogP contribution in [0.3, 0.4) is 0 Å². The quantitative estimate of drug-likeness (QED) is 0.218. The first kappa shape index (κ1) is 24.4. The predicted octanol–water partition coefficient (Wildman–Crippen LogP) is 3.84. The molecule has 1 aliphatic rings. The standard InChI is InChI=1S/C20H33N3O2S.HI/c1-4-21-20(22-9-5-11-26-3)23-13-18-7-6-16(2)12-19(18)25-15-17-8-10-24-14-17;/h6-7,12,17H,4-5,8-11,13-15H2,1-3H3,(H2,21,22,23);1H. The zero-order chi connectivity index (χ0) is 18.6. The van der Waals surface area contributed by atoms with Crippen molar-refractivity contribution in [1.82, 2.24) is 10.6 Å². The van der Waals surface area contributed by atoms with Crippen molar-refractivity contribution >= 4 is 41.7 Å². The van der Waals surface area contributed by atoms with Gasteiger partial charge in [-0.2, -0.15) is 11.8 Å². The molecule has 5 nitrogen and oxygen atoms in total. The Morgan fingerprint density at radius 2 is 2.22 bits per heavy atom. The second-order valence-electron chi connectivity index (χ2n) is 6.62. The number of benzene rings is 1. The van der Waals surface area contributed by atoms with Gasteiger partial charge in [0.15, 0.2) is 5.96 Å². The fourth-order valence-electron chi connectivity index (χ4n) is 2.78. The molecule has 27 heavy (non-hydrogen) atoms. The highest BCUT2D eigenvalue weighted by Crippen LogP contribution is 2.23. The third kappa shape index (κ3) is 9.38. The minimum atomic E-state index is 0. The third-order valence-electron chi connectivity index (χ3n) is 4.29. The van der Waals surface area contributed by atoms with Crippen molar-refractivity contribution < 1.29 is 9.47 Å². The van der Waals surface area contributed by atoms with Crippen LogP contribution in [0.1, 0.15) is 30.9 Å². The number of aliphatic imine (C=N–C) groups is 1. The van der Waals surface area contributed by atoms with Crippen molar-refractivity contribution in [2.24, 2.45) is 10.9 Å². The van der Waals surface area contributed by atoms with Crippen molar-refractivity contribution in [3.05, 3.63) is 29.3 Å². The van der Waals surface area contributed by atoms with Gasteiger partial charge in [0.2, 0.25) is 0 Å². The molecule has 0 bridgehead atoms. The number of nitrogens with zero attached hydrogens (tertiary/aromatic N) is 1. The van der Waals surface area contributed by atoms with E-state index in [1.54, 1.807) is 0 Å². The maximum Gasteiger partial charge on any atom is 0.191 e. The maximum atomic E-state index is 6.11. The van der Waals surface area contributed by atoms with Gasteiger partial charge >= 0.3 is 0 Å². The lowest BCUT2D eigenvalue weighted by Crippen LogP contribution is -2.37. The topological polar surface area (TPSA) is 54.9 Å². The van der Waals surface area contributed by atoms with Crippen molar-refractivity contribution in [2.45, 2.75) is 33.2 Å². The average Bonchev–Trinajstić information content (AvgIpc) is 3.16. The van der Waals surface area contributed by atoms with E-state index in [-0.39, 0.29) is 24.0 Å². The second-order valence-corrected chi connectivity index (χ2v) is 7.61. The van der Waals surface area contributed by atoms with Gasteiger partial charge < -0.3 is 20.1 Å². The molecule has 1 aromatic carbocycles. The van der Waals surface area contributed by atoms with E-state index in [1.165, 1.54) is 5.56 Å². The Kier molecular flexibility index (Phi) is 12.9. The smallest absolute Gasteiger partial charge is 0.191 e. The normalized spacial score (nSPS) is 16.7. The summed E-state index contributed by atoms with van der Waals surface area (Å²) in [6, 6.07) is 6.35. The molecule has 0 saturated carbocycles. The van der Waals surface area contributed by atoms with E-state index >= 15 is 0 Å². The van der Waals surface area contributed by atoms with E-state index < -0.39 is 0 Å². The van der Waals surface area contributed by atoms with E-state index in [9.17, 15) is 0 Å². The Balaban J connectivity index is 0.00000364. The van der Waals surface area contributed by atoms with Crippen LogP contribution < -0.4 is 15.4 Å². The van der Waals surface area contributed by atoms with Crippen molar-refractivity contribution in [3.63, 3.8) is 0 Å². The van der Waals surface area contributed by atoms with Gasteiger partial charge in [-0.25, -0.2) is 4.99 Å². The molecule has 0 radical (unpaired) electrons. The van der Waals surface area contributed by atoms with E-state index in [0.29, 0.717) is 19.1 Å². The number of guanidine groups is 1. The first-order valence-electron chi connectivity index (χ1n) is 9.54. The number of hydrogen-bond acceptors (Lipinski definition) is 4. The molecule has 1 heterocycles. The number of halogens is 1. The number of rotatable bonds is 10. The summed E-state index contributed by atoms with van der Waals surface area (Å²) >= 11 is 1.87. The third-order valence-corrected chi connectivity index (χ3v) is 4.99. The van der Waals surface area contributed by atoms with Gasteiger partial charge in [-0.05, 0) is 50.3 Å². The highest BCUT2D eigenvalue weighted by Gasteiger charge is 2.17. The number of aryl methyl sites for hydroxylation is 1. The summed E-state index contributed by atoms with van der Waals surface area (Å²) in [5.74, 6) is 3.47. The minimum absolute atomic E-state index is 0. The molecule has 1 unspecified atom stereocenters. The average molecular weight is 507 g/mol. The van der Waals surface area contributed by atoms with Crippen LogP contribution in [-0.4, -0.2) is 50.9 Å². The fraction of sp³-hybridized carbons (Fsp3) is 0.650. The Labute approximate surface area is 185 Å².